The molecule has 1 heterocycles. The van der Waals surface area contributed by atoms with Crippen LogP contribution in [0, 0.1) is 22.0 Å². The van der Waals surface area contributed by atoms with Crippen molar-refractivity contribution in [3.63, 3.8) is 0 Å². The van der Waals surface area contributed by atoms with Crippen LogP contribution in [0.1, 0.15) is 52.4 Å². The van der Waals surface area contributed by atoms with Gasteiger partial charge in [0.15, 0.2) is 10.6 Å². The van der Waals surface area contributed by atoms with Crippen LogP contribution in [-0.4, -0.2) is 20.7 Å². The van der Waals surface area contributed by atoms with Gasteiger partial charge in [-0.15, -0.1) is 0 Å². The van der Waals surface area contributed by atoms with Gasteiger partial charge in [-0.05, 0) is 50.2 Å². The van der Waals surface area contributed by atoms with E-state index in [4.69, 9.17) is 12.2 Å². The van der Waals surface area contributed by atoms with E-state index in [1.54, 1.807) is 0 Å². The zero-order valence-corrected chi connectivity index (χ0v) is 14.5. The fraction of sp³-hybridized carbons (Fsp3) is 0.688. The van der Waals surface area contributed by atoms with Gasteiger partial charge in [0.2, 0.25) is 5.91 Å². The summed E-state index contributed by atoms with van der Waals surface area (Å²) in [5.74, 6) is 1.34. The Morgan fingerprint density at radius 2 is 2.18 bits per heavy atom. The predicted molar refractivity (Wildman–Crippen MR) is 87.7 cm³/mol. The first-order valence-electron chi connectivity index (χ1n) is 7.91. The number of nitrogens with one attached hydrogen (secondary N) is 2. The lowest BCUT2D eigenvalue weighted by Gasteiger charge is -2.07. The molecule has 2 aliphatic rings. The first-order chi connectivity index (χ1) is 10.3. The van der Waals surface area contributed by atoms with Crippen molar-refractivity contribution in [3.05, 3.63) is 22.2 Å². The van der Waals surface area contributed by atoms with Crippen LogP contribution in [0.25, 0.3) is 0 Å². The summed E-state index contributed by atoms with van der Waals surface area (Å²) in [7, 11) is 0. The number of nitrogens with zero attached hydrogens (tertiary/aromatic N) is 2. The lowest BCUT2D eigenvalue weighted by Crippen LogP contribution is -2.27. The molecule has 2 saturated carbocycles. The van der Waals surface area contributed by atoms with E-state index in [0.29, 0.717) is 23.3 Å². The van der Waals surface area contributed by atoms with Crippen LogP contribution in [0.3, 0.4) is 0 Å². The minimum Gasteiger partial charge on any atom is -0.349 e. The van der Waals surface area contributed by atoms with Gasteiger partial charge in [0.1, 0.15) is 0 Å². The molecule has 2 aliphatic carbocycles. The minimum absolute atomic E-state index is 0.0442. The second kappa shape index (κ2) is 5.33. The van der Waals surface area contributed by atoms with Crippen molar-refractivity contribution in [2.75, 3.05) is 0 Å². The van der Waals surface area contributed by atoms with Crippen LogP contribution < -0.4 is 5.32 Å². The van der Waals surface area contributed by atoms with Gasteiger partial charge in [-0.3, -0.25) is 14.5 Å². The average Bonchev–Trinajstić information content (AvgIpc) is 3.29. The molecule has 1 aromatic heterocycles. The van der Waals surface area contributed by atoms with Crippen molar-refractivity contribution in [2.45, 2.75) is 53.1 Å². The Balaban J connectivity index is 1.64. The Bertz CT molecular complexity index is 677. The van der Waals surface area contributed by atoms with Gasteiger partial charge in [-0.25, -0.2) is 0 Å². The second-order valence-corrected chi connectivity index (χ2v) is 7.72. The largest absolute Gasteiger partial charge is 0.349 e. The molecule has 0 unspecified atom stereocenters. The molecular formula is C16H24N4OS. The van der Waals surface area contributed by atoms with E-state index in [-0.39, 0.29) is 17.2 Å². The number of aromatic amines is 1. The topological polar surface area (TPSA) is 62.7 Å². The Hall–Kier alpha value is -1.43. The lowest BCUT2D eigenvalue weighted by molar-refractivity contribution is -0.123. The molecule has 2 atom stereocenters. The van der Waals surface area contributed by atoms with Crippen molar-refractivity contribution in [3.8, 4) is 0 Å². The number of aromatic nitrogens is 3. The standard InChI is InChI=1S/C16H24N4OS/c1-9(2)7-11-13(16(11,3)4)14(21)17-8-12-18-19-15(22)20(12)10-5-6-10/h7,10-11,13H,5-6,8H2,1-4H3,(H,17,21)(H,19,22)/t11-,13-/m1/s1. The van der Waals surface area contributed by atoms with E-state index < -0.39 is 0 Å². The normalized spacial score (nSPS) is 25.6. The Labute approximate surface area is 136 Å². The molecule has 1 aromatic rings. The quantitative estimate of drug-likeness (QED) is 0.647. The van der Waals surface area contributed by atoms with E-state index in [9.17, 15) is 4.79 Å². The molecular weight excluding hydrogens is 296 g/mol. The molecule has 0 aromatic carbocycles. The lowest BCUT2D eigenvalue weighted by atomic mass is 10.1. The van der Waals surface area contributed by atoms with Crippen molar-refractivity contribution < 1.29 is 4.79 Å². The van der Waals surface area contributed by atoms with Crippen LogP contribution >= 0.6 is 12.2 Å². The molecule has 0 spiro atoms. The van der Waals surface area contributed by atoms with Gasteiger partial charge in [0, 0.05) is 6.04 Å². The summed E-state index contributed by atoms with van der Waals surface area (Å²) < 4.78 is 2.70. The van der Waals surface area contributed by atoms with Crippen LogP contribution in [0.5, 0.6) is 0 Å². The molecule has 0 saturated heterocycles. The smallest absolute Gasteiger partial charge is 0.224 e. The van der Waals surface area contributed by atoms with E-state index in [0.717, 1.165) is 18.7 Å². The van der Waals surface area contributed by atoms with Gasteiger partial charge >= 0.3 is 0 Å². The summed E-state index contributed by atoms with van der Waals surface area (Å²) in [5, 5.41) is 10.1. The maximum atomic E-state index is 12.5. The van der Waals surface area contributed by atoms with Crippen LogP contribution in [0.15, 0.2) is 11.6 Å². The summed E-state index contributed by atoms with van der Waals surface area (Å²) in [5.41, 5.74) is 1.31. The van der Waals surface area contributed by atoms with Crippen molar-refractivity contribution >= 4 is 18.1 Å². The number of hydrogen-bond donors (Lipinski definition) is 2. The maximum Gasteiger partial charge on any atom is 0.224 e. The van der Waals surface area contributed by atoms with E-state index >= 15 is 0 Å². The summed E-state index contributed by atoms with van der Waals surface area (Å²) in [4.78, 5) is 12.5. The Morgan fingerprint density at radius 3 is 2.77 bits per heavy atom. The number of H-pyrrole nitrogens is 1. The van der Waals surface area contributed by atoms with Crippen molar-refractivity contribution in [2.24, 2.45) is 17.3 Å². The molecule has 0 aliphatic heterocycles. The highest BCUT2D eigenvalue weighted by Crippen LogP contribution is 2.59. The predicted octanol–water partition coefficient (Wildman–Crippen LogP) is 3.13. The van der Waals surface area contributed by atoms with Gasteiger partial charge < -0.3 is 5.32 Å². The van der Waals surface area contributed by atoms with Gasteiger partial charge in [-0.1, -0.05) is 25.5 Å². The number of rotatable bonds is 5. The highest BCUT2D eigenvalue weighted by atomic mass is 32.1. The van der Waals surface area contributed by atoms with E-state index in [1.807, 2.05) is 4.57 Å². The SMILES string of the molecule is CC(C)=C[C@@H]1[C@H](C(=O)NCc2n[nH]c(=S)n2C2CC2)C1(C)C. The number of allylic oxidation sites excluding steroid dienone is 2. The molecule has 2 fully saturated rings. The van der Waals surface area contributed by atoms with Crippen molar-refractivity contribution in [1.82, 2.24) is 20.1 Å². The number of carbonyl (C=O) groups excluding carboxylic acids is 1. The number of carbonyl (C=O) groups is 1. The minimum atomic E-state index is 0.0442. The fourth-order valence-electron chi connectivity index (χ4n) is 3.30. The average molecular weight is 320 g/mol. The molecule has 3 rings (SSSR count). The molecule has 1 amide bonds. The molecule has 120 valence electrons. The van der Waals surface area contributed by atoms with Crippen molar-refractivity contribution in [1.29, 1.82) is 0 Å². The number of hydrogen-bond acceptors (Lipinski definition) is 3. The molecule has 22 heavy (non-hydrogen) atoms. The summed E-state index contributed by atoms with van der Waals surface area (Å²) in [6.07, 6.45) is 4.50. The monoisotopic (exact) mass is 320 g/mol. The van der Waals surface area contributed by atoms with Crippen LogP contribution in [-0.2, 0) is 11.3 Å². The van der Waals surface area contributed by atoms with Gasteiger partial charge in [-0.2, -0.15) is 5.10 Å². The maximum absolute atomic E-state index is 12.5. The zero-order chi connectivity index (χ0) is 16.1. The zero-order valence-electron chi connectivity index (χ0n) is 13.6. The van der Waals surface area contributed by atoms with E-state index in [2.05, 4.69) is 49.3 Å². The van der Waals surface area contributed by atoms with Crippen LogP contribution in [0.4, 0.5) is 0 Å². The van der Waals surface area contributed by atoms with Crippen LogP contribution in [0.2, 0.25) is 0 Å². The summed E-state index contributed by atoms with van der Waals surface area (Å²) in [6, 6.07) is 0.467. The molecule has 2 N–H and O–H groups in total. The fourth-order valence-corrected chi connectivity index (χ4v) is 3.60. The first kappa shape index (κ1) is 15.5. The molecule has 0 radical (unpaired) electrons. The Morgan fingerprint density at radius 1 is 1.50 bits per heavy atom. The second-order valence-electron chi connectivity index (χ2n) is 7.33. The highest BCUT2D eigenvalue weighted by Gasteiger charge is 2.60. The highest BCUT2D eigenvalue weighted by molar-refractivity contribution is 7.71. The number of amides is 1. The van der Waals surface area contributed by atoms with Gasteiger partial charge in [0.25, 0.3) is 0 Å². The Kier molecular flexibility index (Phi) is 3.75. The van der Waals surface area contributed by atoms with E-state index in [1.165, 1.54) is 5.57 Å². The third-order valence-corrected chi connectivity index (χ3v) is 5.10. The summed E-state index contributed by atoms with van der Waals surface area (Å²) >= 11 is 5.26. The third-order valence-electron chi connectivity index (χ3n) is 4.82. The third kappa shape index (κ3) is 2.76. The molecule has 6 heteroatoms. The summed E-state index contributed by atoms with van der Waals surface area (Å²) in [6.45, 7) is 8.91. The molecule has 5 nitrogen and oxygen atoms in total. The molecule has 0 bridgehead atoms. The first-order valence-corrected chi connectivity index (χ1v) is 8.31. The van der Waals surface area contributed by atoms with Gasteiger partial charge in [0.05, 0.1) is 12.5 Å².